The lowest BCUT2D eigenvalue weighted by molar-refractivity contribution is 0.768. The zero-order valence-electron chi connectivity index (χ0n) is 26.5. The van der Waals surface area contributed by atoms with Crippen molar-refractivity contribution in [2.45, 2.75) is 5.41 Å². The van der Waals surface area contributed by atoms with Crippen LogP contribution in [0.1, 0.15) is 22.3 Å². The Morgan fingerprint density at radius 3 is 1.67 bits per heavy atom. The van der Waals surface area contributed by atoms with Crippen molar-refractivity contribution in [3.63, 3.8) is 0 Å². The standard InChI is InChI=1S/C47H33N/c1-4-19-38(20-5-1)47(39-21-6-2-7-22-39)43-27-13-12-26-42(43)46-44(47)28-15-29-45(46)48(40-23-8-3-9-24-40)41-25-14-18-36(33-41)37-31-30-34-16-10-11-17-35(34)32-37/h1-33H. The van der Waals surface area contributed by atoms with Crippen LogP contribution < -0.4 is 4.90 Å². The van der Waals surface area contributed by atoms with E-state index in [4.69, 9.17) is 0 Å². The van der Waals surface area contributed by atoms with Crippen LogP contribution in [-0.2, 0) is 5.41 Å². The second-order valence-corrected chi connectivity index (χ2v) is 12.5. The van der Waals surface area contributed by atoms with E-state index in [1.165, 1.54) is 55.3 Å². The summed E-state index contributed by atoms with van der Waals surface area (Å²) in [5.41, 5.74) is 13.0. The van der Waals surface area contributed by atoms with Gasteiger partial charge in [-0.3, -0.25) is 0 Å². The molecule has 0 saturated heterocycles. The van der Waals surface area contributed by atoms with E-state index in [1.807, 2.05) is 0 Å². The van der Waals surface area contributed by atoms with E-state index < -0.39 is 5.41 Å². The van der Waals surface area contributed by atoms with Crippen LogP contribution in [-0.4, -0.2) is 0 Å². The maximum absolute atomic E-state index is 2.44. The number of benzene rings is 8. The lowest BCUT2D eigenvalue weighted by atomic mass is 9.68. The minimum atomic E-state index is -0.459. The van der Waals surface area contributed by atoms with Crippen LogP contribution >= 0.6 is 0 Å². The van der Waals surface area contributed by atoms with Crippen LogP contribution in [0.4, 0.5) is 17.1 Å². The molecule has 0 atom stereocenters. The van der Waals surface area contributed by atoms with Crippen molar-refractivity contribution in [3.05, 3.63) is 222 Å². The summed E-state index contributed by atoms with van der Waals surface area (Å²) >= 11 is 0. The average molecular weight is 612 g/mol. The molecule has 0 heterocycles. The first-order chi connectivity index (χ1) is 23.8. The number of anilines is 3. The first-order valence-electron chi connectivity index (χ1n) is 16.6. The molecule has 226 valence electrons. The van der Waals surface area contributed by atoms with Gasteiger partial charge in [-0.25, -0.2) is 0 Å². The Hall–Kier alpha value is -6.18. The quantitative estimate of drug-likeness (QED) is 0.181. The van der Waals surface area contributed by atoms with E-state index in [-0.39, 0.29) is 0 Å². The molecular formula is C47H33N. The molecule has 1 aliphatic carbocycles. The first-order valence-corrected chi connectivity index (χ1v) is 16.6. The molecule has 1 aliphatic rings. The summed E-state index contributed by atoms with van der Waals surface area (Å²) in [5.74, 6) is 0. The maximum Gasteiger partial charge on any atom is 0.0714 e. The van der Waals surface area contributed by atoms with Crippen molar-refractivity contribution < 1.29 is 0 Å². The monoisotopic (exact) mass is 611 g/mol. The second-order valence-electron chi connectivity index (χ2n) is 12.5. The molecule has 1 nitrogen and oxygen atoms in total. The zero-order chi connectivity index (χ0) is 31.9. The van der Waals surface area contributed by atoms with Crippen LogP contribution in [0.5, 0.6) is 0 Å². The molecule has 0 fully saturated rings. The van der Waals surface area contributed by atoms with E-state index in [9.17, 15) is 0 Å². The Bertz CT molecular complexity index is 2350. The number of para-hydroxylation sites is 1. The van der Waals surface area contributed by atoms with Gasteiger partial charge in [-0.2, -0.15) is 0 Å². The van der Waals surface area contributed by atoms with Gasteiger partial charge in [0.05, 0.1) is 11.1 Å². The number of nitrogens with zero attached hydrogens (tertiary/aromatic N) is 1. The van der Waals surface area contributed by atoms with Crippen LogP contribution in [0, 0.1) is 0 Å². The highest BCUT2D eigenvalue weighted by Crippen LogP contribution is 2.59. The molecule has 0 amide bonds. The molecule has 0 bridgehead atoms. The van der Waals surface area contributed by atoms with Gasteiger partial charge >= 0.3 is 0 Å². The summed E-state index contributed by atoms with van der Waals surface area (Å²) in [7, 11) is 0. The van der Waals surface area contributed by atoms with E-state index in [1.54, 1.807) is 0 Å². The Morgan fingerprint density at radius 1 is 0.354 bits per heavy atom. The number of rotatable bonds is 6. The lowest BCUT2D eigenvalue weighted by Crippen LogP contribution is -2.28. The van der Waals surface area contributed by atoms with Crippen molar-refractivity contribution in [2.24, 2.45) is 0 Å². The van der Waals surface area contributed by atoms with E-state index in [2.05, 4.69) is 205 Å². The minimum Gasteiger partial charge on any atom is -0.310 e. The number of hydrogen-bond acceptors (Lipinski definition) is 1. The summed E-state index contributed by atoms with van der Waals surface area (Å²) in [5, 5.41) is 2.50. The highest BCUT2D eigenvalue weighted by Gasteiger charge is 2.47. The Balaban J connectivity index is 1.31. The number of fused-ring (bicyclic) bond motifs is 4. The SMILES string of the molecule is c1ccc(N(c2cccc(-c3ccc4ccccc4c3)c2)c2cccc3c2-c2ccccc2C3(c2ccccc2)c2ccccc2)cc1. The molecule has 0 unspecified atom stereocenters. The third-order valence-electron chi connectivity index (χ3n) is 9.90. The fourth-order valence-corrected chi connectivity index (χ4v) is 7.86. The summed E-state index contributed by atoms with van der Waals surface area (Å²) in [4.78, 5) is 2.44. The van der Waals surface area contributed by atoms with Crippen LogP contribution in [0.15, 0.2) is 200 Å². The van der Waals surface area contributed by atoms with Gasteiger partial charge in [-0.05, 0) is 86.1 Å². The van der Waals surface area contributed by atoms with Gasteiger partial charge in [0.15, 0.2) is 0 Å². The molecule has 8 aromatic carbocycles. The predicted octanol–water partition coefficient (Wildman–Crippen LogP) is 12.3. The summed E-state index contributed by atoms with van der Waals surface area (Å²) in [6, 6.07) is 73.0. The topological polar surface area (TPSA) is 3.24 Å². The van der Waals surface area contributed by atoms with Gasteiger partial charge in [0, 0.05) is 16.9 Å². The molecule has 0 radical (unpaired) electrons. The van der Waals surface area contributed by atoms with Crippen molar-refractivity contribution >= 4 is 27.8 Å². The Labute approximate surface area is 282 Å². The second kappa shape index (κ2) is 11.6. The van der Waals surface area contributed by atoms with Gasteiger partial charge in [0.25, 0.3) is 0 Å². The van der Waals surface area contributed by atoms with Gasteiger partial charge in [-0.1, -0.05) is 164 Å². The van der Waals surface area contributed by atoms with Crippen LogP contribution in [0.25, 0.3) is 33.0 Å². The minimum absolute atomic E-state index is 0.459. The molecule has 1 heteroatoms. The molecule has 8 aromatic rings. The van der Waals surface area contributed by atoms with Gasteiger partial charge < -0.3 is 4.90 Å². The van der Waals surface area contributed by atoms with Crippen LogP contribution in [0.3, 0.4) is 0 Å². The molecular weight excluding hydrogens is 579 g/mol. The van der Waals surface area contributed by atoms with Crippen molar-refractivity contribution in [2.75, 3.05) is 4.90 Å². The van der Waals surface area contributed by atoms with E-state index in [0.717, 1.165) is 17.1 Å². The Kier molecular flexibility index (Phi) is 6.76. The van der Waals surface area contributed by atoms with Gasteiger partial charge in [0.1, 0.15) is 0 Å². The Morgan fingerprint density at radius 2 is 0.917 bits per heavy atom. The normalized spacial score (nSPS) is 12.8. The van der Waals surface area contributed by atoms with Gasteiger partial charge in [-0.15, -0.1) is 0 Å². The largest absolute Gasteiger partial charge is 0.310 e. The van der Waals surface area contributed by atoms with Crippen molar-refractivity contribution in [1.29, 1.82) is 0 Å². The molecule has 0 N–H and O–H groups in total. The van der Waals surface area contributed by atoms with Gasteiger partial charge in [0.2, 0.25) is 0 Å². The fraction of sp³-hybridized carbons (Fsp3) is 0.0213. The summed E-state index contributed by atoms with van der Waals surface area (Å²) in [6.07, 6.45) is 0. The molecule has 0 aromatic heterocycles. The maximum atomic E-state index is 2.44. The van der Waals surface area contributed by atoms with Crippen molar-refractivity contribution in [3.8, 4) is 22.3 Å². The highest BCUT2D eigenvalue weighted by atomic mass is 15.1. The third kappa shape index (κ3) is 4.40. The summed E-state index contributed by atoms with van der Waals surface area (Å²) in [6.45, 7) is 0. The number of hydrogen-bond donors (Lipinski definition) is 0. The van der Waals surface area contributed by atoms with Crippen molar-refractivity contribution in [1.82, 2.24) is 0 Å². The molecule has 0 aliphatic heterocycles. The molecule has 0 spiro atoms. The van der Waals surface area contributed by atoms with E-state index in [0.29, 0.717) is 0 Å². The van der Waals surface area contributed by atoms with Crippen LogP contribution in [0.2, 0.25) is 0 Å². The predicted molar refractivity (Wildman–Crippen MR) is 201 cm³/mol. The fourth-order valence-electron chi connectivity index (χ4n) is 7.86. The van der Waals surface area contributed by atoms with E-state index >= 15 is 0 Å². The summed E-state index contributed by atoms with van der Waals surface area (Å²) < 4.78 is 0. The average Bonchev–Trinajstić information content (AvgIpc) is 3.48. The lowest BCUT2D eigenvalue weighted by Gasteiger charge is -2.34. The molecule has 0 saturated carbocycles. The third-order valence-corrected chi connectivity index (χ3v) is 9.90. The zero-order valence-corrected chi connectivity index (χ0v) is 26.5. The smallest absolute Gasteiger partial charge is 0.0714 e. The molecule has 9 rings (SSSR count). The highest BCUT2D eigenvalue weighted by molar-refractivity contribution is 5.98. The first kappa shape index (κ1) is 28.1. The molecule has 48 heavy (non-hydrogen) atoms.